The summed E-state index contributed by atoms with van der Waals surface area (Å²) < 4.78 is 0. The lowest BCUT2D eigenvalue weighted by molar-refractivity contribution is -0.141. The van der Waals surface area contributed by atoms with Crippen molar-refractivity contribution in [2.45, 2.75) is 58.0 Å². The first kappa shape index (κ1) is 14.8. The molecule has 1 fully saturated rings. The van der Waals surface area contributed by atoms with Crippen LogP contribution in [0.3, 0.4) is 0 Å². The van der Waals surface area contributed by atoms with Crippen LogP contribution in [0.2, 0.25) is 0 Å². The van der Waals surface area contributed by atoms with Crippen LogP contribution in [-0.2, 0) is 4.79 Å². The Morgan fingerprint density at radius 2 is 1.78 bits per heavy atom. The van der Waals surface area contributed by atoms with Crippen LogP contribution in [0.5, 0.6) is 0 Å². The van der Waals surface area contributed by atoms with Crippen molar-refractivity contribution in [3.63, 3.8) is 0 Å². The minimum absolute atomic E-state index is 0.112. The van der Waals surface area contributed by atoms with Crippen molar-refractivity contribution in [1.82, 2.24) is 10.2 Å². The lowest BCUT2D eigenvalue weighted by Gasteiger charge is -2.30. The fourth-order valence-corrected chi connectivity index (χ4v) is 2.39. The number of nitrogens with zero attached hydrogens (tertiary/aromatic N) is 1. The van der Waals surface area contributed by atoms with Crippen LogP contribution in [0.4, 0.5) is 4.79 Å². The number of carboxylic acid groups (broad SMARTS) is 1. The number of carbonyl (C=O) groups excluding carboxylic acids is 1. The van der Waals surface area contributed by atoms with Gasteiger partial charge in [-0.25, -0.2) is 9.59 Å². The average molecular weight is 256 g/mol. The largest absolute Gasteiger partial charge is 0.480 e. The van der Waals surface area contributed by atoms with E-state index in [1.165, 1.54) is 38.1 Å². The molecule has 1 aliphatic rings. The third-order valence-corrected chi connectivity index (χ3v) is 3.97. The molecule has 2 amide bonds. The maximum absolute atomic E-state index is 11.9. The van der Waals surface area contributed by atoms with Crippen LogP contribution in [0, 0.1) is 5.92 Å². The van der Waals surface area contributed by atoms with Crippen molar-refractivity contribution >= 4 is 12.0 Å². The van der Waals surface area contributed by atoms with Crippen molar-refractivity contribution in [3.8, 4) is 0 Å². The quantitative estimate of drug-likeness (QED) is 0.809. The van der Waals surface area contributed by atoms with E-state index in [2.05, 4.69) is 5.32 Å². The fraction of sp³-hybridized carbons (Fsp3) is 0.846. The van der Waals surface area contributed by atoms with E-state index in [-0.39, 0.29) is 12.1 Å². The van der Waals surface area contributed by atoms with Crippen molar-refractivity contribution < 1.29 is 14.7 Å². The van der Waals surface area contributed by atoms with Gasteiger partial charge < -0.3 is 15.3 Å². The Morgan fingerprint density at radius 3 is 2.28 bits per heavy atom. The summed E-state index contributed by atoms with van der Waals surface area (Å²) >= 11 is 0. The zero-order valence-corrected chi connectivity index (χ0v) is 11.5. The second-order valence-corrected chi connectivity index (χ2v) is 5.26. The highest BCUT2D eigenvalue weighted by atomic mass is 16.4. The molecular formula is C13H24N2O3. The maximum Gasteiger partial charge on any atom is 0.326 e. The molecule has 5 nitrogen and oxygen atoms in total. The molecule has 2 N–H and O–H groups in total. The summed E-state index contributed by atoms with van der Waals surface area (Å²) in [6, 6.07) is -0.993. The zero-order valence-electron chi connectivity index (χ0n) is 11.5. The Balaban J connectivity index is 2.45. The summed E-state index contributed by atoms with van der Waals surface area (Å²) in [5.74, 6) is -0.464. The summed E-state index contributed by atoms with van der Waals surface area (Å²) in [7, 11) is 1.52. The van der Waals surface area contributed by atoms with Gasteiger partial charge in [-0.3, -0.25) is 0 Å². The summed E-state index contributed by atoms with van der Waals surface area (Å²) in [6.07, 6.45) is 6.05. The van der Waals surface area contributed by atoms with Crippen molar-refractivity contribution in [2.75, 3.05) is 7.05 Å². The van der Waals surface area contributed by atoms with E-state index >= 15 is 0 Å². The van der Waals surface area contributed by atoms with Gasteiger partial charge in [0.15, 0.2) is 0 Å². The number of carbonyl (C=O) groups is 2. The molecule has 0 radical (unpaired) electrons. The minimum Gasteiger partial charge on any atom is -0.480 e. The second kappa shape index (κ2) is 6.61. The van der Waals surface area contributed by atoms with Gasteiger partial charge in [0, 0.05) is 13.1 Å². The van der Waals surface area contributed by atoms with Gasteiger partial charge in [-0.05, 0) is 32.6 Å². The molecule has 2 atom stereocenters. The molecule has 1 rings (SSSR count). The molecular weight excluding hydrogens is 232 g/mol. The predicted octanol–water partition coefficient (Wildman–Crippen LogP) is 2.07. The molecule has 1 aliphatic carbocycles. The van der Waals surface area contributed by atoms with Crippen molar-refractivity contribution in [1.29, 1.82) is 0 Å². The highest BCUT2D eigenvalue weighted by Gasteiger charge is 2.26. The molecule has 0 spiro atoms. The summed E-state index contributed by atoms with van der Waals surface area (Å²) in [4.78, 5) is 23.9. The molecule has 0 aromatic heterocycles. The number of aliphatic carboxylic acids is 1. The Morgan fingerprint density at radius 1 is 1.22 bits per heavy atom. The van der Waals surface area contributed by atoms with Gasteiger partial charge in [-0.1, -0.05) is 19.3 Å². The minimum atomic E-state index is -0.988. The van der Waals surface area contributed by atoms with E-state index in [0.717, 1.165) is 12.8 Å². The van der Waals surface area contributed by atoms with Gasteiger partial charge in [-0.2, -0.15) is 0 Å². The average Bonchev–Trinajstić information content (AvgIpc) is 2.37. The molecule has 0 aromatic carbocycles. The van der Waals surface area contributed by atoms with E-state index < -0.39 is 12.0 Å². The van der Waals surface area contributed by atoms with Crippen LogP contribution in [0.15, 0.2) is 0 Å². The lowest BCUT2D eigenvalue weighted by atomic mass is 9.84. The van der Waals surface area contributed by atoms with Gasteiger partial charge in [0.2, 0.25) is 0 Å². The molecule has 5 heteroatoms. The Bertz CT molecular complexity index is 301. The van der Waals surface area contributed by atoms with E-state index in [9.17, 15) is 9.59 Å². The smallest absolute Gasteiger partial charge is 0.326 e. The SMILES string of the molecule is CC(NC(=O)N(C)C(C)C(=O)O)C1CCCCC1. The summed E-state index contributed by atoms with van der Waals surface area (Å²) in [6.45, 7) is 3.51. The third-order valence-electron chi connectivity index (χ3n) is 3.97. The molecule has 0 bridgehead atoms. The molecule has 104 valence electrons. The third kappa shape index (κ3) is 3.89. The van der Waals surface area contributed by atoms with Crippen molar-refractivity contribution in [2.24, 2.45) is 5.92 Å². The normalized spacial score (nSPS) is 19.9. The number of hydrogen-bond acceptors (Lipinski definition) is 2. The van der Waals surface area contributed by atoms with Crippen LogP contribution in [0.1, 0.15) is 46.0 Å². The van der Waals surface area contributed by atoms with E-state index in [0.29, 0.717) is 5.92 Å². The van der Waals surface area contributed by atoms with Gasteiger partial charge in [0.25, 0.3) is 0 Å². The predicted molar refractivity (Wildman–Crippen MR) is 69.4 cm³/mol. The molecule has 18 heavy (non-hydrogen) atoms. The first-order chi connectivity index (χ1) is 8.43. The molecule has 2 unspecified atom stereocenters. The Kier molecular flexibility index (Phi) is 5.44. The number of likely N-dealkylation sites (N-methyl/N-ethyl adjacent to an activating group) is 1. The maximum atomic E-state index is 11.9. The van der Waals surface area contributed by atoms with Crippen LogP contribution < -0.4 is 5.32 Å². The first-order valence-corrected chi connectivity index (χ1v) is 6.69. The number of amides is 2. The molecule has 0 aromatic rings. The van der Waals surface area contributed by atoms with E-state index in [1.54, 1.807) is 0 Å². The number of hydrogen-bond donors (Lipinski definition) is 2. The van der Waals surface area contributed by atoms with Gasteiger partial charge in [-0.15, -0.1) is 0 Å². The molecule has 0 aliphatic heterocycles. The van der Waals surface area contributed by atoms with Gasteiger partial charge >= 0.3 is 12.0 Å². The molecule has 0 saturated heterocycles. The number of rotatable bonds is 4. The van der Waals surface area contributed by atoms with Gasteiger partial charge in [0.1, 0.15) is 6.04 Å². The number of urea groups is 1. The summed E-state index contributed by atoms with van der Waals surface area (Å²) in [5.41, 5.74) is 0. The van der Waals surface area contributed by atoms with Crippen molar-refractivity contribution in [3.05, 3.63) is 0 Å². The number of carboxylic acids is 1. The Hall–Kier alpha value is -1.26. The monoisotopic (exact) mass is 256 g/mol. The first-order valence-electron chi connectivity index (χ1n) is 6.69. The van der Waals surface area contributed by atoms with Gasteiger partial charge in [0.05, 0.1) is 0 Å². The molecule has 0 heterocycles. The van der Waals surface area contributed by atoms with Crippen LogP contribution >= 0.6 is 0 Å². The highest BCUT2D eigenvalue weighted by molar-refractivity contribution is 5.82. The summed E-state index contributed by atoms with van der Waals surface area (Å²) in [5, 5.41) is 11.8. The highest BCUT2D eigenvalue weighted by Crippen LogP contribution is 2.26. The standard InChI is InChI=1S/C13H24N2O3/c1-9(11-7-5-4-6-8-11)14-13(18)15(3)10(2)12(16)17/h9-11H,4-8H2,1-3H3,(H,14,18)(H,16,17). The Labute approximate surface area is 109 Å². The topological polar surface area (TPSA) is 69.6 Å². The zero-order chi connectivity index (χ0) is 13.7. The van der Waals surface area contributed by atoms with Crippen LogP contribution in [0.25, 0.3) is 0 Å². The van der Waals surface area contributed by atoms with Crippen LogP contribution in [-0.4, -0.2) is 41.1 Å². The second-order valence-electron chi connectivity index (χ2n) is 5.26. The molecule has 1 saturated carbocycles. The number of nitrogens with one attached hydrogen (secondary N) is 1. The lowest BCUT2D eigenvalue weighted by Crippen LogP contribution is -2.50. The van der Waals surface area contributed by atoms with E-state index in [4.69, 9.17) is 5.11 Å². The van der Waals surface area contributed by atoms with E-state index in [1.807, 2.05) is 6.92 Å². The fourth-order valence-electron chi connectivity index (χ4n) is 2.39.